The van der Waals surface area contributed by atoms with Gasteiger partial charge in [0, 0.05) is 0 Å². The zero-order valence-corrected chi connectivity index (χ0v) is 8.67. The molecule has 0 aromatic heterocycles. The molecule has 1 nitrogen and oxygen atoms in total. The highest BCUT2D eigenvalue weighted by Gasteiger charge is 2.15. The van der Waals surface area contributed by atoms with Gasteiger partial charge in [0.15, 0.2) is 0 Å². The fraction of sp³-hybridized carbons (Fsp3) is 0. The molecule has 0 heterocycles. The normalized spacial score (nSPS) is 10.0. The lowest BCUT2D eigenvalue weighted by Crippen LogP contribution is -1.96. The Morgan fingerprint density at radius 1 is 1.50 bits per heavy atom. The molecule has 0 saturated heterocycles. The van der Waals surface area contributed by atoms with Crippen LogP contribution in [0.5, 0.6) is 0 Å². The van der Waals surface area contributed by atoms with Gasteiger partial charge in [-0.15, -0.1) is 0 Å². The first kappa shape index (κ1) is 9.96. The van der Waals surface area contributed by atoms with E-state index in [9.17, 15) is 9.18 Å². The van der Waals surface area contributed by atoms with Crippen LogP contribution < -0.4 is 0 Å². The highest BCUT2D eigenvalue weighted by molar-refractivity contribution is 9.10. The van der Waals surface area contributed by atoms with Gasteiger partial charge in [0.05, 0.1) is 15.1 Å². The molecular weight excluding hydrogens is 270 g/mol. The lowest BCUT2D eigenvalue weighted by Gasteiger charge is -2.01. The monoisotopic (exact) mass is 270 g/mol. The van der Waals surface area contributed by atoms with Crippen LogP contribution in [0.4, 0.5) is 4.39 Å². The van der Waals surface area contributed by atoms with Crippen LogP contribution in [0.2, 0.25) is 5.02 Å². The Labute approximate surface area is 86.6 Å². The molecule has 1 aromatic rings. The van der Waals surface area contributed by atoms with Crippen LogP contribution >= 0.6 is 39.1 Å². The molecule has 0 unspecified atom stereocenters. The van der Waals surface area contributed by atoms with E-state index in [-0.39, 0.29) is 15.1 Å². The maximum absolute atomic E-state index is 12.9. The molecule has 0 aliphatic rings. The second-order valence-electron chi connectivity index (χ2n) is 1.99. The Bertz CT molecular complexity index is 340. The summed E-state index contributed by atoms with van der Waals surface area (Å²) < 4.78 is 13.1. The van der Waals surface area contributed by atoms with E-state index in [1.807, 2.05) is 0 Å². The fourth-order valence-corrected chi connectivity index (χ4v) is 1.67. The van der Waals surface area contributed by atoms with Crippen LogP contribution in [0.15, 0.2) is 16.6 Å². The van der Waals surface area contributed by atoms with E-state index in [0.29, 0.717) is 0 Å². The molecule has 0 fully saturated rings. The summed E-state index contributed by atoms with van der Waals surface area (Å²) in [5.74, 6) is -0.689. The largest absolute Gasteiger partial charge is 0.275 e. The first-order valence-corrected chi connectivity index (χ1v) is 4.42. The summed E-state index contributed by atoms with van der Waals surface area (Å²) in [7, 11) is 0. The molecule has 0 amide bonds. The van der Waals surface area contributed by atoms with Gasteiger partial charge < -0.3 is 0 Å². The lowest BCUT2D eigenvalue weighted by atomic mass is 10.2. The Morgan fingerprint density at radius 3 is 2.50 bits per heavy atom. The highest BCUT2D eigenvalue weighted by atomic mass is 79.9. The van der Waals surface area contributed by atoms with Gasteiger partial charge in [0.2, 0.25) is 0 Å². The molecule has 0 aliphatic carbocycles. The maximum Gasteiger partial charge on any atom is 0.256 e. The molecule has 12 heavy (non-hydrogen) atoms. The number of hydrogen-bond donors (Lipinski definition) is 0. The van der Waals surface area contributed by atoms with Crippen molar-refractivity contribution in [1.29, 1.82) is 0 Å². The molecule has 0 spiro atoms. The van der Waals surface area contributed by atoms with Crippen molar-refractivity contribution in [3.8, 4) is 0 Å². The van der Waals surface area contributed by atoms with Crippen molar-refractivity contribution >= 4 is 44.4 Å². The average Bonchev–Trinajstić information content (AvgIpc) is 1.97. The summed E-state index contributed by atoms with van der Waals surface area (Å²) in [6.45, 7) is 0. The van der Waals surface area contributed by atoms with Crippen molar-refractivity contribution in [3.05, 3.63) is 33.0 Å². The fourth-order valence-electron chi connectivity index (χ4n) is 0.707. The van der Waals surface area contributed by atoms with Gasteiger partial charge in [-0.3, -0.25) is 4.79 Å². The van der Waals surface area contributed by atoms with E-state index < -0.39 is 11.1 Å². The molecular formula is C7H2BrCl2FO. The lowest BCUT2D eigenvalue weighted by molar-refractivity contribution is 0.107. The van der Waals surface area contributed by atoms with Crippen molar-refractivity contribution in [2.45, 2.75) is 0 Å². The molecule has 0 saturated carbocycles. The van der Waals surface area contributed by atoms with E-state index in [1.54, 1.807) is 0 Å². The molecule has 0 aliphatic heterocycles. The SMILES string of the molecule is O=C(Cl)c1c(F)ccc(Cl)c1Br. The third kappa shape index (κ3) is 1.79. The van der Waals surface area contributed by atoms with Gasteiger partial charge in [-0.05, 0) is 39.7 Å². The molecule has 64 valence electrons. The molecule has 0 N–H and O–H groups in total. The van der Waals surface area contributed by atoms with E-state index in [0.717, 1.165) is 6.07 Å². The first-order valence-electron chi connectivity index (χ1n) is 2.87. The smallest absolute Gasteiger partial charge is 0.256 e. The summed E-state index contributed by atoms with van der Waals surface area (Å²) in [6.07, 6.45) is 0. The van der Waals surface area contributed by atoms with Gasteiger partial charge in [-0.1, -0.05) is 11.6 Å². The van der Waals surface area contributed by atoms with E-state index in [2.05, 4.69) is 15.9 Å². The molecule has 0 bridgehead atoms. The summed E-state index contributed by atoms with van der Waals surface area (Å²) >= 11 is 13.7. The second kappa shape index (κ2) is 3.73. The minimum absolute atomic E-state index is 0.184. The zero-order chi connectivity index (χ0) is 9.30. The Balaban J connectivity index is 3.43. The predicted octanol–water partition coefficient (Wildman–Crippen LogP) is 3.62. The topological polar surface area (TPSA) is 17.1 Å². The van der Waals surface area contributed by atoms with Gasteiger partial charge in [-0.25, -0.2) is 4.39 Å². The molecule has 0 atom stereocenters. The third-order valence-electron chi connectivity index (χ3n) is 1.24. The average molecular weight is 272 g/mol. The van der Waals surface area contributed by atoms with Crippen molar-refractivity contribution in [1.82, 2.24) is 0 Å². The van der Waals surface area contributed by atoms with Crippen LogP contribution in [0.25, 0.3) is 0 Å². The number of carbonyl (C=O) groups is 1. The second-order valence-corrected chi connectivity index (χ2v) is 3.54. The Hall–Kier alpha value is -0.120. The van der Waals surface area contributed by atoms with Gasteiger partial charge in [0.1, 0.15) is 5.82 Å². The summed E-state index contributed by atoms with van der Waals surface area (Å²) in [6, 6.07) is 2.42. The van der Waals surface area contributed by atoms with E-state index in [4.69, 9.17) is 23.2 Å². The van der Waals surface area contributed by atoms with E-state index >= 15 is 0 Å². The maximum atomic E-state index is 12.9. The van der Waals surface area contributed by atoms with Crippen molar-refractivity contribution in [3.63, 3.8) is 0 Å². The van der Waals surface area contributed by atoms with E-state index in [1.165, 1.54) is 6.07 Å². The quantitative estimate of drug-likeness (QED) is 0.563. The molecule has 5 heteroatoms. The van der Waals surface area contributed by atoms with Gasteiger partial charge in [0.25, 0.3) is 5.24 Å². The number of rotatable bonds is 1. The molecule has 1 aromatic carbocycles. The number of hydrogen-bond acceptors (Lipinski definition) is 1. The van der Waals surface area contributed by atoms with Crippen LogP contribution in [-0.2, 0) is 0 Å². The van der Waals surface area contributed by atoms with Crippen LogP contribution in [0.3, 0.4) is 0 Å². The number of halogens is 4. The minimum atomic E-state index is -0.873. The van der Waals surface area contributed by atoms with Crippen LogP contribution in [0.1, 0.15) is 10.4 Å². The number of benzene rings is 1. The standard InChI is InChI=1S/C7H2BrCl2FO/c8-6-3(9)1-2-4(11)5(6)7(10)12/h1-2H. The minimum Gasteiger partial charge on any atom is -0.275 e. The van der Waals surface area contributed by atoms with Crippen molar-refractivity contribution in [2.75, 3.05) is 0 Å². The van der Waals surface area contributed by atoms with Crippen molar-refractivity contribution < 1.29 is 9.18 Å². The summed E-state index contributed by atoms with van der Waals surface area (Å²) in [4.78, 5) is 10.7. The third-order valence-corrected chi connectivity index (χ3v) is 2.80. The summed E-state index contributed by atoms with van der Waals surface area (Å²) in [5, 5.41) is -0.623. The van der Waals surface area contributed by atoms with Crippen molar-refractivity contribution in [2.24, 2.45) is 0 Å². The number of carbonyl (C=O) groups excluding carboxylic acids is 1. The Kier molecular flexibility index (Phi) is 3.09. The first-order chi connectivity index (χ1) is 5.54. The zero-order valence-electron chi connectivity index (χ0n) is 5.57. The molecule has 1 rings (SSSR count). The van der Waals surface area contributed by atoms with Gasteiger partial charge in [-0.2, -0.15) is 0 Å². The van der Waals surface area contributed by atoms with Crippen LogP contribution in [-0.4, -0.2) is 5.24 Å². The predicted molar refractivity (Wildman–Crippen MR) is 49.3 cm³/mol. The summed E-state index contributed by atoms with van der Waals surface area (Å²) in [5.41, 5.74) is -0.232. The van der Waals surface area contributed by atoms with Gasteiger partial charge >= 0.3 is 0 Å². The van der Waals surface area contributed by atoms with Crippen LogP contribution in [0, 0.1) is 5.82 Å². The molecule has 0 radical (unpaired) electrons. The Morgan fingerprint density at radius 2 is 2.08 bits per heavy atom. The highest BCUT2D eigenvalue weighted by Crippen LogP contribution is 2.29.